The summed E-state index contributed by atoms with van der Waals surface area (Å²) in [6.45, 7) is 0.304. The van der Waals surface area contributed by atoms with E-state index in [1.165, 1.54) is 0 Å². The lowest BCUT2D eigenvalue weighted by Crippen LogP contribution is -2.24. The van der Waals surface area contributed by atoms with Crippen LogP contribution in [0, 0.1) is 0 Å². The number of ether oxygens (including phenoxy) is 3. The van der Waals surface area contributed by atoms with Crippen LogP contribution in [0.5, 0.6) is 17.2 Å². The van der Waals surface area contributed by atoms with Crippen molar-refractivity contribution in [3.8, 4) is 34.2 Å². The van der Waals surface area contributed by atoms with Crippen molar-refractivity contribution in [2.45, 2.75) is 13.0 Å². The van der Waals surface area contributed by atoms with E-state index in [0.29, 0.717) is 28.8 Å². The Morgan fingerprint density at radius 3 is 2.20 bits per heavy atom. The highest BCUT2D eigenvalue weighted by molar-refractivity contribution is 6.30. The highest BCUT2D eigenvalue weighted by atomic mass is 35.5. The minimum Gasteiger partial charge on any atom is -0.493 e. The number of carbonyl (C=O) groups excluding carboxylic acids is 1. The van der Waals surface area contributed by atoms with E-state index >= 15 is 0 Å². The molecule has 0 atom stereocenters. The van der Waals surface area contributed by atoms with Crippen LogP contribution < -0.4 is 19.5 Å². The van der Waals surface area contributed by atoms with Crippen molar-refractivity contribution in [3.05, 3.63) is 89.1 Å². The molecule has 0 saturated heterocycles. The fourth-order valence-corrected chi connectivity index (χ4v) is 3.90. The van der Waals surface area contributed by atoms with Crippen molar-refractivity contribution >= 4 is 17.5 Å². The number of halogens is 1. The lowest BCUT2D eigenvalue weighted by atomic mass is 10.1. The molecular formula is C27H26ClN3O4. The second kappa shape index (κ2) is 11.0. The molecule has 0 aliphatic carbocycles. The van der Waals surface area contributed by atoms with Gasteiger partial charge in [0, 0.05) is 28.9 Å². The molecule has 0 spiro atoms. The number of para-hydroxylation sites is 1. The number of carbonyl (C=O) groups is 1. The molecule has 0 saturated carbocycles. The van der Waals surface area contributed by atoms with Crippen molar-refractivity contribution in [2.24, 2.45) is 0 Å². The first kappa shape index (κ1) is 24.2. The first-order valence-electron chi connectivity index (χ1n) is 11.0. The van der Waals surface area contributed by atoms with Gasteiger partial charge >= 0.3 is 0 Å². The largest absolute Gasteiger partial charge is 0.493 e. The minimum absolute atomic E-state index is 0.137. The van der Waals surface area contributed by atoms with Crippen LogP contribution in [0.2, 0.25) is 5.02 Å². The Morgan fingerprint density at radius 1 is 0.943 bits per heavy atom. The molecule has 4 rings (SSSR count). The summed E-state index contributed by atoms with van der Waals surface area (Å²) >= 11 is 6.07. The predicted octanol–water partition coefficient (Wildman–Crippen LogP) is 5.08. The Kier molecular flexibility index (Phi) is 7.57. The number of methoxy groups -OCH3 is 3. The third-order valence-corrected chi connectivity index (χ3v) is 5.75. The molecule has 1 amide bonds. The lowest BCUT2D eigenvalue weighted by molar-refractivity contribution is -0.120. The number of benzene rings is 3. The molecule has 1 N–H and O–H groups in total. The molecule has 0 bridgehead atoms. The molecule has 0 aliphatic rings. The van der Waals surface area contributed by atoms with Gasteiger partial charge in [0.2, 0.25) is 11.7 Å². The van der Waals surface area contributed by atoms with Crippen LogP contribution in [0.25, 0.3) is 16.9 Å². The lowest BCUT2D eigenvalue weighted by Gasteiger charge is -2.14. The van der Waals surface area contributed by atoms with E-state index in [0.717, 1.165) is 28.1 Å². The first-order chi connectivity index (χ1) is 17.0. The van der Waals surface area contributed by atoms with E-state index in [4.69, 9.17) is 30.9 Å². The Morgan fingerprint density at radius 2 is 1.60 bits per heavy atom. The molecule has 1 aromatic heterocycles. The molecular weight excluding hydrogens is 466 g/mol. The monoisotopic (exact) mass is 491 g/mol. The van der Waals surface area contributed by atoms with Crippen molar-refractivity contribution in [1.82, 2.24) is 15.1 Å². The van der Waals surface area contributed by atoms with E-state index in [-0.39, 0.29) is 12.3 Å². The fourth-order valence-electron chi connectivity index (χ4n) is 3.78. The van der Waals surface area contributed by atoms with Gasteiger partial charge in [0.15, 0.2) is 11.5 Å². The van der Waals surface area contributed by atoms with E-state index in [1.54, 1.807) is 26.0 Å². The summed E-state index contributed by atoms with van der Waals surface area (Å²) in [5.74, 6) is 1.43. The number of nitrogens with zero attached hydrogens (tertiary/aromatic N) is 2. The van der Waals surface area contributed by atoms with Gasteiger partial charge in [0.1, 0.15) is 0 Å². The van der Waals surface area contributed by atoms with Crippen LogP contribution in [-0.4, -0.2) is 37.0 Å². The molecule has 0 unspecified atom stereocenters. The molecule has 8 heteroatoms. The van der Waals surface area contributed by atoms with E-state index < -0.39 is 0 Å². The van der Waals surface area contributed by atoms with Gasteiger partial charge < -0.3 is 19.5 Å². The number of rotatable bonds is 9. The summed E-state index contributed by atoms with van der Waals surface area (Å²) in [4.78, 5) is 12.9. The smallest absolute Gasteiger partial charge is 0.224 e. The molecule has 7 nitrogen and oxygen atoms in total. The quantitative estimate of drug-likeness (QED) is 0.353. The van der Waals surface area contributed by atoms with Crippen molar-refractivity contribution in [3.63, 3.8) is 0 Å². The average molecular weight is 492 g/mol. The van der Waals surface area contributed by atoms with Gasteiger partial charge in [-0.2, -0.15) is 5.10 Å². The zero-order valence-corrected chi connectivity index (χ0v) is 20.5. The molecule has 4 aromatic rings. The van der Waals surface area contributed by atoms with Gasteiger partial charge in [-0.15, -0.1) is 0 Å². The summed E-state index contributed by atoms with van der Waals surface area (Å²) in [6, 6.07) is 20.8. The normalized spacial score (nSPS) is 10.6. The van der Waals surface area contributed by atoms with Gasteiger partial charge in [0.05, 0.1) is 39.1 Å². The number of aromatic nitrogens is 2. The van der Waals surface area contributed by atoms with E-state index in [1.807, 2.05) is 72.9 Å². The zero-order valence-electron chi connectivity index (χ0n) is 19.7. The Hall–Kier alpha value is -3.97. The molecule has 180 valence electrons. The number of hydrogen-bond acceptors (Lipinski definition) is 5. The summed E-state index contributed by atoms with van der Waals surface area (Å²) < 4.78 is 18.0. The average Bonchev–Trinajstić information content (AvgIpc) is 3.31. The summed E-state index contributed by atoms with van der Waals surface area (Å²) in [6.07, 6.45) is 2.05. The maximum Gasteiger partial charge on any atom is 0.224 e. The standard InChI is InChI=1S/C27H26ClN3O4/c1-33-23-13-18(14-24(34-2)27(23)35-3)16-29-25(32)15-20-17-31(22-7-5-4-6-8-22)30-26(20)19-9-11-21(28)12-10-19/h4-14,17H,15-16H2,1-3H3,(H,29,32). The molecule has 35 heavy (non-hydrogen) atoms. The highest BCUT2D eigenvalue weighted by Crippen LogP contribution is 2.38. The van der Waals surface area contributed by atoms with Crippen LogP contribution in [0.1, 0.15) is 11.1 Å². The van der Waals surface area contributed by atoms with Crippen LogP contribution in [0.4, 0.5) is 0 Å². The molecule has 0 radical (unpaired) electrons. The van der Waals surface area contributed by atoms with Crippen LogP contribution in [-0.2, 0) is 17.8 Å². The number of nitrogens with one attached hydrogen (secondary N) is 1. The van der Waals surface area contributed by atoms with Gasteiger partial charge in [-0.3, -0.25) is 4.79 Å². The van der Waals surface area contributed by atoms with E-state index in [9.17, 15) is 4.79 Å². The molecule has 1 heterocycles. The van der Waals surface area contributed by atoms with Gasteiger partial charge in [-0.05, 0) is 42.0 Å². The van der Waals surface area contributed by atoms with Crippen molar-refractivity contribution in [1.29, 1.82) is 0 Å². The maximum atomic E-state index is 12.9. The predicted molar refractivity (Wildman–Crippen MR) is 136 cm³/mol. The van der Waals surface area contributed by atoms with Crippen molar-refractivity contribution < 1.29 is 19.0 Å². The van der Waals surface area contributed by atoms with Crippen LogP contribution in [0.3, 0.4) is 0 Å². The van der Waals surface area contributed by atoms with Gasteiger partial charge in [-0.1, -0.05) is 41.9 Å². The Labute approximate surface area is 209 Å². The fraction of sp³-hybridized carbons (Fsp3) is 0.185. The third kappa shape index (κ3) is 5.58. The minimum atomic E-state index is -0.137. The number of hydrogen-bond donors (Lipinski definition) is 1. The first-order valence-corrected chi connectivity index (χ1v) is 11.4. The second-order valence-corrected chi connectivity index (χ2v) is 8.21. The van der Waals surface area contributed by atoms with Crippen molar-refractivity contribution in [2.75, 3.05) is 21.3 Å². The van der Waals surface area contributed by atoms with Crippen LogP contribution >= 0.6 is 11.6 Å². The van der Waals surface area contributed by atoms with Crippen LogP contribution in [0.15, 0.2) is 72.9 Å². The third-order valence-electron chi connectivity index (χ3n) is 5.49. The zero-order chi connectivity index (χ0) is 24.8. The topological polar surface area (TPSA) is 74.6 Å². The maximum absolute atomic E-state index is 12.9. The SMILES string of the molecule is COc1cc(CNC(=O)Cc2cn(-c3ccccc3)nc2-c2ccc(Cl)cc2)cc(OC)c1OC. The number of amides is 1. The van der Waals surface area contributed by atoms with Gasteiger partial charge in [-0.25, -0.2) is 4.68 Å². The Balaban J connectivity index is 1.56. The van der Waals surface area contributed by atoms with E-state index in [2.05, 4.69) is 5.32 Å². The summed E-state index contributed by atoms with van der Waals surface area (Å²) in [5.41, 5.74) is 4.15. The molecule has 3 aromatic carbocycles. The second-order valence-electron chi connectivity index (χ2n) is 7.78. The summed E-state index contributed by atoms with van der Waals surface area (Å²) in [5, 5.41) is 8.38. The van der Waals surface area contributed by atoms with Gasteiger partial charge in [0.25, 0.3) is 0 Å². The molecule has 0 fully saturated rings. The highest BCUT2D eigenvalue weighted by Gasteiger charge is 2.17. The molecule has 0 aliphatic heterocycles. The Bertz CT molecular complexity index is 1280. The summed E-state index contributed by atoms with van der Waals surface area (Å²) in [7, 11) is 4.67.